The number of likely N-dealkylation sites (tertiary alicyclic amines) is 1. The molecule has 8 heteroatoms. The van der Waals surface area contributed by atoms with Crippen LogP contribution in [-0.2, 0) is 11.3 Å². The molecule has 3 rings (SSSR count). The lowest BCUT2D eigenvalue weighted by Crippen LogP contribution is -2.48. The predicted octanol–water partition coefficient (Wildman–Crippen LogP) is 5.53. The molecular formula is C26H37N3O4S. The fraction of sp³-hybridized carbons (Fsp3) is 0.577. The van der Waals surface area contributed by atoms with E-state index >= 15 is 0 Å². The molecule has 186 valence electrons. The van der Waals surface area contributed by atoms with Crippen LogP contribution in [0.25, 0.3) is 0 Å². The van der Waals surface area contributed by atoms with Crippen molar-refractivity contribution in [3.8, 4) is 5.75 Å². The summed E-state index contributed by atoms with van der Waals surface area (Å²) >= 11 is 1.60. The zero-order valence-corrected chi connectivity index (χ0v) is 22.0. The van der Waals surface area contributed by atoms with Gasteiger partial charge in [-0.15, -0.1) is 11.3 Å². The molecule has 1 aliphatic rings. The molecule has 0 N–H and O–H groups in total. The highest BCUT2D eigenvalue weighted by Crippen LogP contribution is 2.23. The minimum atomic E-state index is -0.534. The molecule has 0 radical (unpaired) electrons. The summed E-state index contributed by atoms with van der Waals surface area (Å²) in [5.41, 5.74) is 1.02. The van der Waals surface area contributed by atoms with Gasteiger partial charge in [-0.1, -0.05) is 0 Å². The number of hydrogen-bond donors (Lipinski definition) is 0. The number of amides is 2. The van der Waals surface area contributed by atoms with Crippen molar-refractivity contribution in [2.75, 3.05) is 19.6 Å². The summed E-state index contributed by atoms with van der Waals surface area (Å²) in [6.07, 6.45) is 1.61. The number of thiazole rings is 1. The van der Waals surface area contributed by atoms with E-state index in [1.165, 1.54) is 0 Å². The average molecular weight is 488 g/mol. The molecule has 0 saturated carbocycles. The molecule has 7 nitrogen and oxygen atoms in total. The van der Waals surface area contributed by atoms with E-state index < -0.39 is 5.60 Å². The first-order valence-electron chi connectivity index (χ1n) is 11.9. The number of benzene rings is 1. The largest absolute Gasteiger partial charge is 0.487 e. The molecule has 1 atom stereocenters. The van der Waals surface area contributed by atoms with Crippen molar-refractivity contribution in [2.24, 2.45) is 5.92 Å². The Balaban J connectivity index is 1.57. The molecule has 2 amide bonds. The van der Waals surface area contributed by atoms with Crippen LogP contribution in [0.2, 0.25) is 0 Å². The van der Waals surface area contributed by atoms with Crippen LogP contribution in [0, 0.1) is 12.8 Å². The Morgan fingerprint density at radius 3 is 2.53 bits per heavy atom. The number of carbonyl (C=O) groups is 2. The van der Waals surface area contributed by atoms with Crippen molar-refractivity contribution in [3.63, 3.8) is 0 Å². The molecule has 0 bridgehead atoms. The number of piperidine rings is 1. The molecule has 2 aromatic rings. The highest BCUT2D eigenvalue weighted by atomic mass is 32.1. The first kappa shape index (κ1) is 26.0. The summed E-state index contributed by atoms with van der Waals surface area (Å²) in [6.45, 7) is 13.9. The van der Waals surface area contributed by atoms with E-state index in [1.807, 2.05) is 76.1 Å². The number of rotatable bonds is 7. The second-order valence-corrected chi connectivity index (χ2v) is 11.2. The third-order valence-corrected chi connectivity index (χ3v) is 6.49. The van der Waals surface area contributed by atoms with Gasteiger partial charge in [0.1, 0.15) is 18.0 Å². The van der Waals surface area contributed by atoms with Gasteiger partial charge in [0.25, 0.3) is 5.91 Å². The lowest BCUT2D eigenvalue weighted by atomic mass is 9.96. The van der Waals surface area contributed by atoms with Crippen LogP contribution in [0.1, 0.15) is 68.5 Å². The number of hydrogen-bond acceptors (Lipinski definition) is 6. The standard InChI is InChI=1S/C26H37N3O4S/c1-18(2)29(25(31)33-26(4,5)6)15-20-8-7-13-28(14-20)24(30)21-9-11-23(12-10-21)32-16-22-17-34-19(3)27-22/h9-12,17-18,20H,7-8,13-16H2,1-6H3. The van der Waals surface area contributed by atoms with Crippen molar-refractivity contribution >= 4 is 23.3 Å². The minimum absolute atomic E-state index is 0.0136. The second-order valence-electron chi connectivity index (χ2n) is 10.2. The fourth-order valence-electron chi connectivity index (χ4n) is 4.00. The van der Waals surface area contributed by atoms with E-state index in [0.29, 0.717) is 31.0 Å². The first-order chi connectivity index (χ1) is 16.0. The van der Waals surface area contributed by atoms with Gasteiger partial charge in [0.15, 0.2) is 0 Å². The van der Waals surface area contributed by atoms with E-state index in [1.54, 1.807) is 16.2 Å². The predicted molar refractivity (Wildman–Crippen MR) is 134 cm³/mol. The maximum absolute atomic E-state index is 13.2. The number of aromatic nitrogens is 1. The summed E-state index contributed by atoms with van der Waals surface area (Å²) in [7, 11) is 0. The van der Waals surface area contributed by atoms with Crippen LogP contribution < -0.4 is 4.74 Å². The van der Waals surface area contributed by atoms with Crippen molar-refractivity contribution in [2.45, 2.75) is 72.6 Å². The number of ether oxygens (including phenoxy) is 2. The van der Waals surface area contributed by atoms with E-state index in [9.17, 15) is 9.59 Å². The normalized spacial score (nSPS) is 16.4. The second kappa shape index (κ2) is 11.2. The lowest BCUT2D eigenvalue weighted by molar-refractivity contribution is 0.0124. The third kappa shape index (κ3) is 7.45. The van der Waals surface area contributed by atoms with Gasteiger partial charge in [-0.3, -0.25) is 4.79 Å². The summed E-state index contributed by atoms with van der Waals surface area (Å²) in [5.74, 6) is 0.945. The van der Waals surface area contributed by atoms with E-state index in [0.717, 1.165) is 30.1 Å². The number of carbonyl (C=O) groups excluding carboxylic acids is 2. The Kier molecular flexibility index (Phi) is 8.57. The third-order valence-electron chi connectivity index (χ3n) is 5.67. The first-order valence-corrected chi connectivity index (χ1v) is 12.8. The molecule has 1 saturated heterocycles. The molecule has 1 aromatic heterocycles. The molecule has 1 unspecified atom stereocenters. The lowest BCUT2D eigenvalue weighted by Gasteiger charge is -2.37. The fourth-order valence-corrected chi connectivity index (χ4v) is 4.60. The Morgan fingerprint density at radius 1 is 1.24 bits per heavy atom. The Bertz CT molecular complexity index is 965. The number of nitrogens with zero attached hydrogens (tertiary/aromatic N) is 3. The van der Waals surface area contributed by atoms with E-state index in [-0.39, 0.29) is 24.0 Å². The topological polar surface area (TPSA) is 72.0 Å². The van der Waals surface area contributed by atoms with Crippen LogP contribution in [0.5, 0.6) is 5.75 Å². The summed E-state index contributed by atoms with van der Waals surface area (Å²) in [6, 6.07) is 7.32. The minimum Gasteiger partial charge on any atom is -0.487 e. The van der Waals surface area contributed by atoms with Gasteiger partial charge in [0.2, 0.25) is 0 Å². The SMILES string of the molecule is Cc1nc(COc2ccc(C(=O)N3CCCC(CN(C(=O)OC(C)(C)C)C(C)C)C3)cc2)cs1. The van der Waals surface area contributed by atoms with Crippen LogP contribution >= 0.6 is 11.3 Å². The average Bonchev–Trinajstić information content (AvgIpc) is 3.19. The van der Waals surface area contributed by atoms with Gasteiger partial charge in [-0.25, -0.2) is 9.78 Å². The smallest absolute Gasteiger partial charge is 0.410 e. The molecule has 1 aromatic carbocycles. The quantitative estimate of drug-likeness (QED) is 0.514. The highest BCUT2D eigenvalue weighted by Gasteiger charge is 2.30. The van der Waals surface area contributed by atoms with Gasteiger partial charge >= 0.3 is 6.09 Å². The van der Waals surface area contributed by atoms with Crippen molar-refractivity contribution in [1.29, 1.82) is 0 Å². The molecule has 1 aliphatic heterocycles. The van der Waals surface area contributed by atoms with Gasteiger partial charge in [0, 0.05) is 36.6 Å². The van der Waals surface area contributed by atoms with Crippen LogP contribution in [0.3, 0.4) is 0 Å². The number of aryl methyl sites for hydroxylation is 1. The zero-order chi connectivity index (χ0) is 24.9. The highest BCUT2D eigenvalue weighted by molar-refractivity contribution is 7.09. The van der Waals surface area contributed by atoms with Crippen LogP contribution in [-0.4, -0.2) is 58.1 Å². The van der Waals surface area contributed by atoms with Crippen LogP contribution in [0.4, 0.5) is 4.79 Å². The van der Waals surface area contributed by atoms with Crippen LogP contribution in [0.15, 0.2) is 29.6 Å². The Labute approximate surface area is 207 Å². The molecule has 0 aliphatic carbocycles. The Hall–Kier alpha value is -2.61. The summed E-state index contributed by atoms with van der Waals surface area (Å²) < 4.78 is 11.4. The van der Waals surface area contributed by atoms with E-state index in [2.05, 4.69) is 4.98 Å². The molecule has 2 heterocycles. The van der Waals surface area contributed by atoms with Gasteiger partial charge < -0.3 is 19.3 Å². The van der Waals surface area contributed by atoms with E-state index in [4.69, 9.17) is 9.47 Å². The monoisotopic (exact) mass is 487 g/mol. The Morgan fingerprint density at radius 2 is 1.94 bits per heavy atom. The van der Waals surface area contributed by atoms with Crippen molar-refractivity contribution < 1.29 is 19.1 Å². The maximum atomic E-state index is 13.2. The van der Waals surface area contributed by atoms with Gasteiger partial charge in [-0.05, 0) is 84.6 Å². The summed E-state index contributed by atoms with van der Waals surface area (Å²) in [5, 5.41) is 3.01. The van der Waals surface area contributed by atoms with Gasteiger partial charge in [-0.2, -0.15) is 0 Å². The molecule has 34 heavy (non-hydrogen) atoms. The zero-order valence-electron chi connectivity index (χ0n) is 21.2. The van der Waals surface area contributed by atoms with Crippen molar-refractivity contribution in [3.05, 3.63) is 45.9 Å². The molecule has 0 spiro atoms. The molecular weight excluding hydrogens is 450 g/mol. The summed E-state index contributed by atoms with van der Waals surface area (Å²) in [4.78, 5) is 33.9. The maximum Gasteiger partial charge on any atom is 0.410 e. The van der Waals surface area contributed by atoms with Crippen molar-refractivity contribution in [1.82, 2.24) is 14.8 Å². The molecule has 1 fully saturated rings. The van der Waals surface area contributed by atoms with Gasteiger partial charge in [0.05, 0.1) is 10.7 Å².